The molecule has 2 fully saturated rings. The van der Waals surface area contributed by atoms with Crippen molar-refractivity contribution in [3.05, 3.63) is 0 Å². The number of nitrogens with two attached hydrogens (primary N) is 1. The number of rotatable bonds is 4. The van der Waals surface area contributed by atoms with Crippen molar-refractivity contribution in [3.8, 4) is 0 Å². The monoisotopic (exact) mass is 254 g/mol. The van der Waals surface area contributed by atoms with Crippen molar-refractivity contribution in [1.29, 1.82) is 0 Å². The third kappa shape index (κ3) is 2.86. The lowest BCUT2D eigenvalue weighted by atomic mass is 9.93. The number of hydrogen-bond acceptors (Lipinski definition) is 3. The minimum Gasteiger partial charge on any atom is -0.364 e. The molecule has 2 aliphatic rings. The van der Waals surface area contributed by atoms with Crippen LogP contribution in [0.1, 0.15) is 46.0 Å². The standard InChI is InChI=1S/C14H26N2O2/c1-3-10-4-6-12(9(10)2)16-14(17)13-7-5-11(8-15)18-13/h9-13H,3-8,15H2,1-2H3,(H,16,17). The summed E-state index contributed by atoms with van der Waals surface area (Å²) in [4.78, 5) is 12.1. The highest BCUT2D eigenvalue weighted by molar-refractivity contribution is 5.81. The summed E-state index contributed by atoms with van der Waals surface area (Å²) in [6.07, 6.45) is 5.08. The summed E-state index contributed by atoms with van der Waals surface area (Å²) >= 11 is 0. The van der Waals surface area contributed by atoms with Crippen LogP contribution in [0.15, 0.2) is 0 Å². The molecule has 0 spiro atoms. The number of nitrogens with one attached hydrogen (secondary N) is 1. The Morgan fingerprint density at radius 3 is 2.67 bits per heavy atom. The number of carbonyl (C=O) groups excluding carboxylic acids is 1. The molecule has 1 amide bonds. The summed E-state index contributed by atoms with van der Waals surface area (Å²) in [5.74, 6) is 1.42. The Morgan fingerprint density at radius 2 is 2.11 bits per heavy atom. The van der Waals surface area contributed by atoms with Crippen LogP contribution in [0.3, 0.4) is 0 Å². The van der Waals surface area contributed by atoms with E-state index in [2.05, 4.69) is 19.2 Å². The van der Waals surface area contributed by atoms with Crippen LogP contribution < -0.4 is 11.1 Å². The summed E-state index contributed by atoms with van der Waals surface area (Å²) in [5.41, 5.74) is 5.56. The van der Waals surface area contributed by atoms with E-state index in [4.69, 9.17) is 10.5 Å². The van der Waals surface area contributed by atoms with Gasteiger partial charge in [0.15, 0.2) is 0 Å². The molecule has 4 nitrogen and oxygen atoms in total. The Labute approximate surface area is 110 Å². The van der Waals surface area contributed by atoms with E-state index in [0.29, 0.717) is 18.5 Å². The lowest BCUT2D eigenvalue weighted by Gasteiger charge is -2.22. The fourth-order valence-corrected chi connectivity index (χ4v) is 3.38. The lowest BCUT2D eigenvalue weighted by molar-refractivity contribution is -0.132. The Balaban J connectivity index is 1.81. The van der Waals surface area contributed by atoms with Gasteiger partial charge in [0, 0.05) is 12.6 Å². The van der Waals surface area contributed by atoms with Crippen LogP contribution >= 0.6 is 0 Å². The summed E-state index contributed by atoms with van der Waals surface area (Å²) < 4.78 is 5.63. The van der Waals surface area contributed by atoms with Crippen molar-refractivity contribution in [2.75, 3.05) is 6.54 Å². The van der Waals surface area contributed by atoms with E-state index >= 15 is 0 Å². The Kier molecular flexibility index (Phi) is 4.62. The zero-order chi connectivity index (χ0) is 13.1. The molecule has 0 radical (unpaired) electrons. The molecule has 0 aromatic carbocycles. The van der Waals surface area contributed by atoms with Gasteiger partial charge in [-0.2, -0.15) is 0 Å². The highest BCUT2D eigenvalue weighted by atomic mass is 16.5. The van der Waals surface area contributed by atoms with Gasteiger partial charge in [0.2, 0.25) is 5.91 Å². The van der Waals surface area contributed by atoms with Crippen molar-refractivity contribution in [2.45, 2.75) is 64.2 Å². The van der Waals surface area contributed by atoms with Crippen molar-refractivity contribution < 1.29 is 9.53 Å². The first kappa shape index (κ1) is 13.8. The molecule has 2 rings (SSSR count). The minimum atomic E-state index is -0.272. The van der Waals surface area contributed by atoms with Crippen LogP contribution in [0, 0.1) is 11.8 Å². The smallest absolute Gasteiger partial charge is 0.249 e. The van der Waals surface area contributed by atoms with E-state index in [9.17, 15) is 4.79 Å². The van der Waals surface area contributed by atoms with Crippen molar-refractivity contribution in [2.24, 2.45) is 17.6 Å². The molecule has 3 N–H and O–H groups in total. The van der Waals surface area contributed by atoms with Crippen molar-refractivity contribution >= 4 is 5.91 Å². The number of amides is 1. The second-order valence-corrected chi connectivity index (χ2v) is 5.78. The second-order valence-electron chi connectivity index (χ2n) is 5.78. The van der Waals surface area contributed by atoms with E-state index in [1.807, 2.05) is 0 Å². The molecule has 0 aromatic heterocycles. The van der Waals surface area contributed by atoms with Gasteiger partial charge >= 0.3 is 0 Å². The lowest BCUT2D eigenvalue weighted by Crippen LogP contribution is -2.43. The van der Waals surface area contributed by atoms with E-state index < -0.39 is 0 Å². The fourth-order valence-electron chi connectivity index (χ4n) is 3.38. The van der Waals surface area contributed by atoms with Crippen LogP contribution in [0.25, 0.3) is 0 Å². The molecular formula is C14H26N2O2. The molecule has 1 saturated heterocycles. The van der Waals surface area contributed by atoms with Crippen LogP contribution in [-0.2, 0) is 9.53 Å². The first-order valence-corrected chi connectivity index (χ1v) is 7.31. The highest BCUT2D eigenvalue weighted by Crippen LogP contribution is 2.34. The van der Waals surface area contributed by atoms with Gasteiger partial charge in [-0.1, -0.05) is 20.3 Å². The quantitative estimate of drug-likeness (QED) is 0.798. The molecule has 0 aromatic rings. The van der Waals surface area contributed by atoms with Crippen LogP contribution in [0.2, 0.25) is 0 Å². The number of ether oxygens (including phenoxy) is 1. The molecule has 1 aliphatic carbocycles. The molecule has 5 unspecified atom stereocenters. The van der Waals surface area contributed by atoms with Gasteiger partial charge in [-0.25, -0.2) is 0 Å². The topological polar surface area (TPSA) is 64.4 Å². The second kappa shape index (κ2) is 6.02. The van der Waals surface area contributed by atoms with E-state index in [0.717, 1.165) is 25.2 Å². The third-order valence-electron chi connectivity index (χ3n) is 4.74. The van der Waals surface area contributed by atoms with Gasteiger partial charge in [0.25, 0.3) is 0 Å². The molecule has 1 heterocycles. The Hall–Kier alpha value is -0.610. The van der Waals surface area contributed by atoms with Gasteiger partial charge in [-0.15, -0.1) is 0 Å². The maximum absolute atomic E-state index is 12.1. The zero-order valence-electron chi connectivity index (χ0n) is 11.5. The number of carbonyl (C=O) groups is 1. The average Bonchev–Trinajstić information content (AvgIpc) is 2.97. The first-order chi connectivity index (χ1) is 8.65. The van der Waals surface area contributed by atoms with Crippen molar-refractivity contribution in [1.82, 2.24) is 5.32 Å². The number of hydrogen-bond donors (Lipinski definition) is 2. The maximum atomic E-state index is 12.1. The molecule has 5 atom stereocenters. The minimum absolute atomic E-state index is 0.0690. The molecule has 104 valence electrons. The van der Waals surface area contributed by atoms with Gasteiger partial charge in [0.1, 0.15) is 6.10 Å². The van der Waals surface area contributed by atoms with E-state index in [1.165, 1.54) is 12.8 Å². The molecule has 1 aliphatic heterocycles. The van der Waals surface area contributed by atoms with Gasteiger partial charge in [0.05, 0.1) is 6.10 Å². The summed E-state index contributed by atoms with van der Waals surface area (Å²) in [6.45, 7) is 5.00. The van der Waals surface area contributed by atoms with Gasteiger partial charge in [-0.05, 0) is 37.5 Å². The maximum Gasteiger partial charge on any atom is 0.249 e. The SMILES string of the molecule is CCC1CCC(NC(=O)C2CCC(CN)O2)C1C. The summed E-state index contributed by atoms with van der Waals surface area (Å²) in [5, 5.41) is 3.17. The highest BCUT2D eigenvalue weighted by Gasteiger charge is 2.36. The predicted octanol–water partition coefficient (Wildman–Crippen LogP) is 1.43. The van der Waals surface area contributed by atoms with Gasteiger partial charge < -0.3 is 15.8 Å². The van der Waals surface area contributed by atoms with Crippen LogP contribution in [-0.4, -0.2) is 30.7 Å². The summed E-state index contributed by atoms with van der Waals surface area (Å²) in [6, 6.07) is 0.336. The predicted molar refractivity (Wildman–Crippen MR) is 71.1 cm³/mol. The van der Waals surface area contributed by atoms with Crippen molar-refractivity contribution in [3.63, 3.8) is 0 Å². The van der Waals surface area contributed by atoms with E-state index in [-0.39, 0.29) is 18.1 Å². The first-order valence-electron chi connectivity index (χ1n) is 7.31. The summed E-state index contributed by atoms with van der Waals surface area (Å²) in [7, 11) is 0. The Bertz CT molecular complexity index is 296. The van der Waals surface area contributed by atoms with Crippen LogP contribution in [0.5, 0.6) is 0 Å². The third-order valence-corrected chi connectivity index (χ3v) is 4.74. The molecule has 0 bridgehead atoms. The largest absolute Gasteiger partial charge is 0.364 e. The van der Waals surface area contributed by atoms with Gasteiger partial charge in [-0.3, -0.25) is 4.79 Å². The van der Waals surface area contributed by atoms with Crippen LogP contribution in [0.4, 0.5) is 0 Å². The zero-order valence-corrected chi connectivity index (χ0v) is 11.5. The molecule has 4 heteroatoms. The Morgan fingerprint density at radius 1 is 1.33 bits per heavy atom. The fraction of sp³-hybridized carbons (Fsp3) is 0.929. The van der Waals surface area contributed by atoms with E-state index in [1.54, 1.807) is 0 Å². The molecular weight excluding hydrogens is 228 g/mol. The normalized spacial score (nSPS) is 40.1. The molecule has 18 heavy (non-hydrogen) atoms. The average molecular weight is 254 g/mol. The molecule has 1 saturated carbocycles.